The van der Waals surface area contributed by atoms with E-state index < -0.39 is 0 Å². The van der Waals surface area contributed by atoms with E-state index in [1.54, 1.807) is 17.2 Å². The Hall–Kier alpha value is -1.13. The van der Waals surface area contributed by atoms with Gasteiger partial charge in [-0.25, -0.2) is 0 Å². The molecule has 1 aliphatic rings. The summed E-state index contributed by atoms with van der Waals surface area (Å²) in [4.78, 5) is 0. The molecule has 0 unspecified atom stereocenters. The number of rotatable bonds is 3. The largest absolute Gasteiger partial charge is 0.286 e. The van der Waals surface area contributed by atoms with Gasteiger partial charge in [0.1, 0.15) is 10.3 Å². The van der Waals surface area contributed by atoms with Crippen LogP contribution >= 0.6 is 23.2 Å². The van der Waals surface area contributed by atoms with Crippen molar-refractivity contribution in [3.8, 4) is 0 Å². The molecule has 6 heteroatoms. The second-order valence-corrected chi connectivity index (χ2v) is 4.62. The number of allylic oxidation sites excluding steroid dienone is 2. The lowest BCUT2D eigenvalue weighted by atomic mass is 10.2. The third-order valence-corrected chi connectivity index (χ3v) is 3.06. The highest BCUT2D eigenvalue weighted by Crippen LogP contribution is 2.20. The predicted octanol–water partition coefficient (Wildman–Crippen LogP) is 2.46. The average Bonchev–Trinajstić information content (AvgIpc) is 2.64. The van der Waals surface area contributed by atoms with Crippen LogP contribution in [0.1, 0.15) is 18.2 Å². The molecule has 0 saturated heterocycles. The third-order valence-electron chi connectivity index (χ3n) is 2.52. The highest BCUT2D eigenvalue weighted by Gasteiger charge is 2.15. The number of hydrogen-bond acceptors (Lipinski definition) is 3. The summed E-state index contributed by atoms with van der Waals surface area (Å²) in [5.74, 6) is 0. The number of halogens is 2. The first-order valence-electron chi connectivity index (χ1n) is 5.38. The zero-order valence-electron chi connectivity index (χ0n) is 9.74. The van der Waals surface area contributed by atoms with Crippen molar-refractivity contribution in [3.63, 3.8) is 0 Å². The smallest absolute Gasteiger partial charge is 0.123 e. The highest BCUT2D eigenvalue weighted by atomic mass is 35.5. The number of nitrogens with one attached hydrogen (secondary N) is 1. The van der Waals surface area contributed by atoms with E-state index in [0.29, 0.717) is 16.9 Å². The Morgan fingerprint density at radius 3 is 2.82 bits per heavy atom. The molecule has 0 aliphatic carbocycles. The maximum atomic E-state index is 6.09. The maximum absolute atomic E-state index is 6.09. The Morgan fingerprint density at radius 2 is 2.12 bits per heavy atom. The Labute approximate surface area is 110 Å². The molecule has 4 nitrogen and oxygen atoms in total. The Balaban J connectivity index is 2.16. The standard InChI is InChI=1S/C11H14Cl2N4/c1-3-9-8(6-16(2)14-9)7-17-11(13)5-4-10(12)15-17/h4-6,15H,3,7H2,1-2H3. The molecule has 1 aliphatic heterocycles. The molecule has 0 fully saturated rings. The van der Waals surface area contributed by atoms with E-state index in [4.69, 9.17) is 23.2 Å². The van der Waals surface area contributed by atoms with Crippen molar-refractivity contribution in [1.29, 1.82) is 0 Å². The maximum Gasteiger partial charge on any atom is 0.123 e. The molecule has 1 N–H and O–H groups in total. The van der Waals surface area contributed by atoms with E-state index >= 15 is 0 Å². The summed E-state index contributed by atoms with van der Waals surface area (Å²) >= 11 is 12.0. The van der Waals surface area contributed by atoms with Crippen LogP contribution in [0.2, 0.25) is 0 Å². The number of nitrogens with zero attached hydrogens (tertiary/aromatic N) is 3. The minimum Gasteiger partial charge on any atom is -0.286 e. The van der Waals surface area contributed by atoms with Gasteiger partial charge in [0.2, 0.25) is 0 Å². The van der Waals surface area contributed by atoms with Gasteiger partial charge < -0.3 is 0 Å². The SMILES string of the molecule is CCc1nn(C)cc1CN1NC(Cl)=CC=C1Cl. The Bertz CT molecular complexity index is 476. The number of hydrazine groups is 1. The van der Waals surface area contributed by atoms with Gasteiger partial charge in [-0.2, -0.15) is 5.10 Å². The Morgan fingerprint density at radius 1 is 1.35 bits per heavy atom. The summed E-state index contributed by atoms with van der Waals surface area (Å²) in [7, 11) is 1.91. The van der Waals surface area contributed by atoms with Gasteiger partial charge >= 0.3 is 0 Å². The van der Waals surface area contributed by atoms with Crippen LogP contribution in [0.4, 0.5) is 0 Å². The molecular weight excluding hydrogens is 259 g/mol. The van der Waals surface area contributed by atoms with E-state index in [1.807, 2.05) is 17.9 Å². The van der Waals surface area contributed by atoms with Crippen molar-refractivity contribution in [2.24, 2.45) is 7.05 Å². The average molecular weight is 273 g/mol. The van der Waals surface area contributed by atoms with Crippen molar-refractivity contribution in [1.82, 2.24) is 20.2 Å². The molecule has 0 saturated carbocycles. The van der Waals surface area contributed by atoms with Gasteiger partial charge in [0, 0.05) is 18.8 Å². The fourth-order valence-corrected chi connectivity index (χ4v) is 2.08. The lowest BCUT2D eigenvalue weighted by Crippen LogP contribution is -2.35. The lowest BCUT2D eigenvalue weighted by Gasteiger charge is -2.27. The van der Waals surface area contributed by atoms with E-state index in [2.05, 4.69) is 17.4 Å². The first-order chi connectivity index (χ1) is 8.10. The molecule has 0 radical (unpaired) electrons. The number of aryl methyl sites for hydroxylation is 2. The fraction of sp³-hybridized carbons (Fsp3) is 0.364. The van der Waals surface area contributed by atoms with Crippen molar-refractivity contribution in [2.75, 3.05) is 0 Å². The summed E-state index contributed by atoms with van der Waals surface area (Å²) in [6.45, 7) is 2.72. The summed E-state index contributed by atoms with van der Waals surface area (Å²) in [5, 5.41) is 7.35. The predicted molar refractivity (Wildman–Crippen MR) is 69.1 cm³/mol. The topological polar surface area (TPSA) is 33.1 Å². The number of aromatic nitrogens is 2. The highest BCUT2D eigenvalue weighted by molar-refractivity contribution is 6.31. The monoisotopic (exact) mass is 272 g/mol. The molecule has 2 rings (SSSR count). The third kappa shape index (κ3) is 2.76. The van der Waals surface area contributed by atoms with E-state index in [9.17, 15) is 0 Å². The molecule has 0 atom stereocenters. The van der Waals surface area contributed by atoms with Gasteiger partial charge in [0.05, 0.1) is 12.2 Å². The van der Waals surface area contributed by atoms with E-state index in [0.717, 1.165) is 17.7 Å². The molecular formula is C11H14Cl2N4. The van der Waals surface area contributed by atoms with Gasteiger partial charge in [-0.15, -0.1) is 0 Å². The lowest BCUT2D eigenvalue weighted by molar-refractivity contribution is 0.288. The fourth-order valence-electron chi connectivity index (χ4n) is 1.75. The van der Waals surface area contributed by atoms with Crippen molar-refractivity contribution in [3.05, 3.63) is 39.9 Å². The molecule has 0 bridgehead atoms. The molecule has 0 amide bonds. The van der Waals surface area contributed by atoms with E-state index in [1.165, 1.54) is 0 Å². The summed E-state index contributed by atoms with van der Waals surface area (Å²) < 4.78 is 1.81. The van der Waals surface area contributed by atoms with Crippen LogP contribution in [0.25, 0.3) is 0 Å². The first-order valence-corrected chi connectivity index (χ1v) is 6.14. The van der Waals surface area contributed by atoms with Gasteiger partial charge in [-0.1, -0.05) is 30.1 Å². The molecule has 2 heterocycles. The van der Waals surface area contributed by atoms with Crippen LogP contribution in [0.15, 0.2) is 28.7 Å². The van der Waals surface area contributed by atoms with Crippen LogP contribution in [-0.2, 0) is 20.0 Å². The minimum absolute atomic E-state index is 0.552. The second-order valence-electron chi connectivity index (χ2n) is 3.83. The second kappa shape index (κ2) is 5.02. The zero-order valence-corrected chi connectivity index (χ0v) is 11.3. The van der Waals surface area contributed by atoms with Crippen LogP contribution in [0.5, 0.6) is 0 Å². The van der Waals surface area contributed by atoms with Gasteiger partial charge in [0.25, 0.3) is 0 Å². The zero-order chi connectivity index (χ0) is 12.4. The molecule has 0 aromatic carbocycles. The van der Waals surface area contributed by atoms with Gasteiger partial charge in [0.15, 0.2) is 0 Å². The summed E-state index contributed by atoms with van der Waals surface area (Å²) in [6.07, 6.45) is 6.39. The molecule has 0 spiro atoms. The van der Waals surface area contributed by atoms with Crippen LogP contribution in [0.3, 0.4) is 0 Å². The van der Waals surface area contributed by atoms with Crippen LogP contribution in [-0.4, -0.2) is 14.8 Å². The Kier molecular flexibility index (Phi) is 3.64. The molecule has 1 aromatic rings. The van der Waals surface area contributed by atoms with E-state index in [-0.39, 0.29) is 0 Å². The summed E-state index contributed by atoms with van der Waals surface area (Å²) in [6, 6.07) is 0. The summed E-state index contributed by atoms with van der Waals surface area (Å²) in [5.41, 5.74) is 5.21. The van der Waals surface area contributed by atoms with Gasteiger partial charge in [-0.3, -0.25) is 15.1 Å². The quantitative estimate of drug-likeness (QED) is 0.859. The molecule has 92 valence electrons. The normalized spacial score (nSPS) is 15.4. The van der Waals surface area contributed by atoms with Gasteiger partial charge in [-0.05, 0) is 18.6 Å². The first kappa shape index (κ1) is 12.3. The molecule has 1 aromatic heterocycles. The van der Waals surface area contributed by atoms with Crippen molar-refractivity contribution >= 4 is 23.2 Å². The number of hydrogen-bond donors (Lipinski definition) is 1. The molecule has 17 heavy (non-hydrogen) atoms. The van der Waals surface area contributed by atoms with Crippen molar-refractivity contribution < 1.29 is 0 Å². The van der Waals surface area contributed by atoms with Crippen LogP contribution in [0, 0.1) is 0 Å². The minimum atomic E-state index is 0.552. The van der Waals surface area contributed by atoms with Crippen molar-refractivity contribution in [2.45, 2.75) is 19.9 Å². The van der Waals surface area contributed by atoms with Crippen LogP contribution < -0.4 is 5.43 Å².